The van der Waals surface area contributed by atoms with E-state index in [1.54, 1.807) is 31.4 Å². The number of hydrogen-bond acceptors (Lipinski definition) is 7. The second-order valence-electron chi connectivity index (χ2n) is 6.81. The fraction of sp³-hybridized carbons (Fsp3) is 0.333. The lowest BCUT2D eigenvalue weighted by molar-refractivity contribution is -0.149. The number of anilines is 1. The summed E-state index contributed by atoms with van der Waals surface area (Å²) in [5.41, 5.74) is 0.399. The Balaban J connectivity index is 1.43. The van der Waals surface area contributed by atoms with Crippen molar-refractivity contribution in [3.05, 3.63) is 48.5 Å². The minimum Gasteiger partial charge on any atom is -0.497 e. The molecular formula is C21H24N2O7S. The zero-order valence-electron chi connectivity index (χ0n) is 17.1. The highest BCUT2D eigenvalue weighted by Gasteiger charge is 2.26. The van der Waals surface area contributed by atoms with Gasteiger partial charge in [-0.2, -0.15) is 4.31 Å². The number of amides is 1. The second kappa shape index (κ2) is 10.3. The van der Waals surface area contributed by atoms with E-state index in [9.17, 15) is 18.0 Å². The number of rotatable bonds is 9. The first-order chi connectivity index (χ1) is 14.9. The Hall–Kier alpha value is -3.11. The number of carbonyl (C=O) groups is 2. The first-order valence-corrected chi connectivity index (χ1v) is 11.1. The summed E-state index contributed by atoms with van der Waals surface area (Å²) in [5.74, 6) is -0.120. The van der Waals surface area contributed by atoms with Gasteiger partial charge < -0.3 is 19.5 Å². The minimum absolute atomic E-state index is 0.175. The highest BCUT2D eigenvalue weighted by Crippen LogP contribution is 2.22. The Morgan fingerprint density at radius 2 is 1.55 bits per heavy atom. The third kappa shape index (κ3) is 6.19. The van der Waals surface area contributed by atoms with Crippen LogP contribution in [0.3, 0.4) is 0 Å². The number of methoxy groups -OCH3 is 1. The Morgan fingerprint density at radius 3 is 2.16 bits per heavy atom. The fourth-order valence-electron chi connectivity index (χ4n) is 2.99. The van der Waals surface area contributed by atoms with Gasteiger partial charge in [-0.3, -0.25) is 4.79 Å². The normalized spacial score (nSPS) is 14.1. The molecule has 0 aromatic heterocycles. The maximum absolute atomic E-state index is 12.5. The van der Waals surface area contributed by atoms with Gasteiger partial charge in [0, 0.05) is 18.8 Å². The van der Waals surface area contributed by atoms with E-state index in [0.29, 0.717) is 30.3 Å². The van der Waals surface area contributed by atoms with E-state index >= 15 is 0 Å². The standard InChI is InChI=1S/C21H24N2O7S/c1-28-17-6-8-18(9-7-17)29-15-21(25)30-14-20(24)22-16-4-10-19(11-5-16)31(26,27)23-12-2-3-13-23/h4-11H,2-3,12-15H2,1H3,(H,22,24). The van der Waals surface area contributed by atoms with Crippen LogP contribution < -0.4 is 14.8 Å². The molecule has 2 aromatic carbocycles. The summed E-state index contributed by atoms with van der Waals surface area (Å²) in [5, 5.41) is 2.55. The van der Waals surface area contributed by atoms with Gasteiger partial charge in [-0.05, 0) is 61.4 Å². The van der Waals surface area contributed by atoms with Gasteiger partial charge in [0.15, 0.2) is 13.2 Å². The summed E-state index contributed by atoms with van der Waals surface area (Å²) in [7, 11) is -1.96. The lowest BCUT2D eigenvalue weighted by Gasteiger charge is -2.15. The molecule has 10 heteroatoms. The predicted molar refractivity (Wildman–Crippen MR) is 113 cm³/mol. The van der Waals surface area contributed by atoms with Gasteiger partial charge in [0.25, 0.3) is 5.91 Å². The van der Waals surface area contributed by atoms with Crippen molar-refractivity contribution < 1.29 is 32.2 Å². The Bertz CT molecular complexity index is 999. The number of sulfonamides is 1. The van der Waals surface area contributed by atoms with Crippen molar-refractivity contribution in [1.82, 2.24) is 4.31 Å². The number of esters is 1. The molecule has 0 spiro atoms. The molecule has 0 unspecified atom stereocenters. The van der Waals surface area contributed by atoms with E-state index < -0.39 is 28.5 Å². The van der Waals surface area contributed by atoms with E-state index in [-0.39, 0.29) is 11.5 Å². The van der Waals surface area contributed by atoms with Crippen LogP contribution in [-0.4, -0.2) is 58.0 Å². The van der Waals surface area contributed by atoms with Crippen molar-refractivity contribution >= 4 is 27.6 Å². The van der Waals surface area contributed by atoms with Crippen LogP contribution in [0.4, 0.5) is 5.69 Å². The number of benzene rings is 2. The molecule has 9 nitrogen and oxygen atoms in total. The molecule has 0 bridgehead atoms. The van der Waals surface area contributed by atoms with Crippen LogP contribution in [0.2, 0.25) is 0 Å². The number of hydrogen-bond donors (Lipinski definition) is 1. The van der Waals surface area contributed by atoms with Crippen molar-refractivity contribution in [2.75, 3.05) is 38.7 Å². The van der Waals surface area contributed by atoms with E-state index in [2.05, 4.69) is 5.32 Å². The van der Waals surface area contributed by atoms with Gasteiger partial charge >= 0.3 is 5.97 Å². The van der Waals surface area contributed by atoms with E-state index in [0.717, 1.165) is 12.8 Å². The van der Waals surface area contributed by atoms with Crippen molar-refractivity contribution in [2.45, 2.75) is 17.7 Å². The van der Waals surface area contributed by atoms with Crippen LogP contribution in [0, 0.1) is 0 Å². The molecule has 0 aliphatic carbocycles. The van der Waals surface area contributed by atoms with Crippen molar-refractivity contribution in [1.29, 1.82) is 0 Å². The number of carbonyl (C=O) groups excluding carboxylic acids is 2. The van der Waals surface area contributed by atoms with Crippen LogP contribution in [0.25, 0.3) is 0 Å². The summed E-state index contributed by atoms with van der Waals surface area (Å²) in [6.07, 6.45) is 1.72. The van der Waals surface area contributed by atoms with Crippen LogP contribution in [0.5, 0.6) is 11.5 Å². The van der Waals surface area contributed by atoms with E-state index in [4.69, 9.17) is 14.2 Å². The third-order valence-corrected chi connectivity index (χ3v) is 6.53. The molecule has 1 aliphatic rings. The van der Waals surface area contributed by atoms with E-state index in [1.165, 1.54) is 28.6 Å². The van der Waals surface area contributed by atoms with Crippen LogP contribution in [-0.2, 0) is 24.3 Å². The Kier molecular flexibility index (Phi) is 7.48. The minimum atomic E-state index is -3.51. The first kappa shape index (κ1) is 22.6. The van der Waals surface area contributed by atoms with Gasteiger partial charge in [0.2, 0.25) is 10.0 Å². The number of nitrogens with one attached hydrogen (secondary N) is 1. The molecule has 0 radical (unpaired) electrons. The SMILES string of the molecule is COc1ccc(OCC(=O)OCC(=O)Nc2ccc(S(=O)(=O)N3CCCC3)cc2)cc1. The molecule has 1 N–H and O–H groups in total. The Labute approximate surface area is 181 Å². The third-order valence-electron chi connectivity index (χ3n) is 4.62. The maximum atomic E-state index is 12.5. The summed E-state index contributed by atoms with van der Waals surface area (Å²) in [4.78, 5) is 23.9. The second-order valence-corrected chi connectivity index (χ2v) is 8.75. The average Bonchev–Trinajstić information content (AvgIpc) is 3.33. The zero-order chi connectivity index (χ0) is 22.3. The van der Waals surface area contributed by atoms with Gasteiger partial charge in [-0.15, -0.1) is 0 Å². The summed E-state index contributed by atoms with van der Waals surface area (Å²) in [6, 6.07) is 12.5. The molecule has 1 amide bonds. The van der Waals surface area contributed by atoms with Crippen LogP contribution >= 0.6 is 0 Å². The molecular weight excluding hydrogens is 424 g/mol. The topological polar surface area (TPSA) is 111 Å². The predicted octanol–water partition coefficient (Wildman–Crippen LogP) is 2.04. The summed E-state index contributed by atoms with van der Waals surface area (Å²) < 4.78 is 41.7. The Morgan fingerprint density at radius 1 is 0.935 bits per heavy atom. The van der Waals surface area contributed by atoms with Gasteiger partial charge in [0.1, 0.15) is 11.5 Å². The lowest BCUT2D eigenvalue weighted by Crippen LogP contribution is -2.27. The monoisotopic (exact) mass is 448 g/mol. The van der Waals surface area contributed by atoms with E-state index in [1.807, 2.05) is 0 Å². The lowest BCUT2D eigenvalue weighted by atomic mass is 10.3. The zero-order valence-corrected chi connectivity index (χ0v) is 17.9. The van der Waals surface area contributed by atoms with Crippen molar-refractivity contribution in [3.63, 3.8) is 0 Å². The van der Waals surface area contributed by atoms with Gasteiger partial charge in [-0.25, -0.2) is 13.2 Å². The molecule has 0 atom stereocenters. The van der Waals surface area contributed by atoms with Gasteiger partial charge in [-0.1, -0.05) is 0 Å². The summed E-state index contributed by atoms with van der Waals surface area (Å²) in [6.45, 7) is 0.212. The molecule has 1 fully saturated rings. The smallest absolute Gasteiger partial charge is 0.344 e. The quantitative estimate of drug-likeness (QED) is 0.585. The fourth-order valence-corrected chi connectivity index (χ4v) is 4.50. The van der Waals surface area contributed by atoms with Crippen molar-refractivity contribution in [2.24, 2.45) is 0 Å². The molecule has 3 rings (SSSR count). The molecule has 1 saturated heterocycles. The molecule has 2 aromatic rings. The molecule has 1 aliphatic heterocycles. The molecule has 166 valence electrons. The van der Waals surface area contributed by atoms with Crippen LogP contribution in [0.15, 0.2) is 53.4 Å². The van der Waals surface area contributed by atoms with Crippen LogP contribution in [0.1, 0.15) is 12.8 Å². The number of nitrogens with zero attached hydrogens (tertiary/aromatic N) is 1. The summed E-state index contributed by atoms with van der Waals surface area (Å²) >= 11 is 0. The largest absolute Gasteiger partial charge is 0.497 e. The highest BCUT2D eigenvalue weighted by atomic mass is 32.2. The molecule has 31 heavy (non-hydrogen) atoms. The number of ether oxygens (including phenoxy) is 3. The average molecular weight is 448 g/mol. The van der Waals surface area contributed by atoms with Crippen molar-refractivity contribution in [3.8, 4) is 11.5 Å². The van der Waals surface area contributed by atoms with Gasteiger partial charge in [0.05, 0.1) is 12.0 Å². The molecule has 0 saturated carbocycles. The molecule has 1 heterocycles. The highest BCUT2D eigenvalue weighted by molar-refractivity contribution is 7.89. The first-order valence-electron chi connectivity index (χ1n) is 9.71. The maximum Gasteiger partial charge on any atom is 0.344 e.